The molecule has 0 aliphatic carbocycles. The Balaban J connectivity index is 2.16. The van der Waals surface area contributed by atoms with Crippen molar-refractivity contribution in [2.24, 2.45) is 5.92 Å². The van der Waals surface area contributed by atoms with Gasteiger partial charge in [0.25, 0.3) is 0 Å². The highest BCUT2D eigenvalue weighted by Crippen LogP contribution is 2.27. The van der Waals surface area contributed by atoms with Gasteiger partial charge >= 0.3 is 6.18 Å². The summed E-state index contributed by atoms with van der Waals surface area (Å²) in [5, 5.41) is 9.66. The normalized spacial score (nSPS) is 11.9. The molecule has 0 spiro atoms. The van der Waals surface area contributed by atoms with Gasteiger partial charge in [-0.2, -0.15) is 13.2 Å². The van der Waals surface area contributed by atoms with Gasteiger partial charge in [-0.05, 0) is 24.5 Å². The molecule has 6 heteroatoms. The van der Waals surface area contributed by atoms with Gasteiger partial charge in [-0.1, -0.05) is 39.5 Å². The Kier molecular flexibility index (Phi) is 6.75. The van der Waals surface area contributed by atoms with Gasteiger partial charge in [0.1, 0.15) is 5.82 Å². The van der Waals surface area contributed by atoms with Crippen LogP contribution in [-0.2, 0) is 6.18 Å². The smallest absolute Gasteiger partial charge is 0.369 e. The number of rotatable bonds is 8. The summed E-state index contributed by atoms with van der Waals surface area (Å²) in [4.78, 5) is 0. The maximum absolute atomic E-state index is 12.3. The third kappa shape index (κ3) is 6.73. The maximum atomic E-state index is 12.3. The predicted molar refractivity (Wildman–Crippen MR) is 73.4 cm³/mol. The van der Waals surface area contributed by atoms with E-state index < -0.39 is 11.9 Å². The van der Waals surface area contributed by atoms with Crippen LogP contribution in [-0.4, -0.2) is 16.7 Å². The fraction of sp³-hybridized carbons (Fsp3) is 0.714. The topological polar surface area (TPSA) is 37.8 Å². The zero-order valence-corrected chi connectivity index (χ0v) is 12.0. The van der Waals surface area contributed by atoms with Crippen molar-refractivity contribution in [3.05, 3.63) is 17.8 Å². The summed E-state index contributed by atoms with van der Waals surface area (Å²) < 4.78 is 36.8. The quantitative estimate of drug-likeness (QED) is 0.715. The standard InChI is InChI=1S/C14H22F3N3/c1-11(2)7-5-3-4-6-10-18-13-9-8-12(19-20-13)14(15,16)17/h8-9,11H,3-7,10H2,1-2H3,(H,18,20). The second kappa shape index (κ2) is 8.07. The first-order valence-corrected chi connectivity index (χ1v) is 7.04. The predicted octanol–water partition coefficient (Wildman–Crippen LogP) is 4.51. The van der Waals surface area contributed by atoms with Crippen molar-refractivity contribution in [2.75, 3.05) is 11.9 Å². The summed E-state index contributed by atoms with van der Waals surface area (Å²) in [5.41, 5.74) is -0.961. The maximum Gasteiger partial charge on any atom is 0.435 e. The summed E-state index contributed by atoms with van der Waals surface area (Å²) in [6, 6.07) is 2.26. The van der Waals surface area contributed by atoms with Crippen LogP contribution >= 0.6 is 0 Å². The molecule has 0 amide bonds. The number of hydrogen-bond acceptors (Lipinski definition) is 3. The molecule has 3 nitrogen and oxygen atoms in total. The zero-order valence-electron chi connectivity index (χ0n) is 12.0. The van der Waals surface area contributed by atoms with Crippen molar-refractivity contribution in [2.45, 2.75) is 52.1 Å². The average molecular weight is 289 g/mol. The molecule has 0 atom stereocenters. The summed E-state index contributed by atoms with van der Waals surface area (Å²) in [6.07, 6.45) is 1.35. The minimum absolute atomic E-state index is 0.389. The van der Waals surface area contributed by atoms with Gasteiger partial charge < -0.3 is 5.32 Å². The van der Waals surface area contributed by atoms with Gasteiger partial charge in [-0.15, -0.1) is 10.2 Å². The van der Waals surface area contributed by atoms with Crippen molar-refractivity contribution >= 4 is 5.82 Å². The van der Waals surface area contributed by atoms with E-state index in [2.05, 4.69) is 29.4 Å². The molecule has 0 aromatic carbocycles. The zero-order chi connectivity index (χ0) is 15.0. The van der Waals surface area contributed by atoms with E-state index in [0.717, 1.165) is 24.8 Å². The van der Waals surface area contributed by atoms with Gasteiger partial charge in [-0.3, -0.25) is 0 Å². The highest BCUT2D eigenvalue weighted by atomic mass is 19.4. The molecule has 0 saturated carbocycles. The number of anilines is 1. The second-order valence-electron chi connectivity index (χ2n) is 5.33. The molecule has 1 aromatic heterocycles. The monoisotopic (exact) mass is 289 g/mol. The van der Waals surface area contributed by atoms with Gasteiger partial charge in [0.15, 0.2) is 5.69 Å². The fourth-order valence-corrected chi connectivity index (χ4v) is 1.83. The summed E-state index contributed by atoms with van der Waals surface area (Å²) in [7, 11) is 0. The van der Waals surface area contributed by atoms with Crippen molar-refractivity contribution in [3.8, 4) is 0 Å². The number of nitrogens with one attached hydrogen (secondary N) is 1. The van der Waals surface area contributed by atoms with E-state index in [-0.39, 0.29) is 0 Å². The van der Waals surface area contributed by atoms with E-state index in [0.29, 0.717) is 12.4 Å². The van der Waals surface area contributed by atoms with E-state index in [4.69, 9.17) is 0 Å². The van der Waals surface area contributed by atoms with E-state index in [9.17, 15) is 13.2 Å². The third-order valence-electron chi connectivity index (χ3n) is 2.97. The Labute approximate surface area is 118 Å². The largest absolute Gasteiger partial charge is 0.435 e. The van der Waals surface area contributed by atoms with E-state index in [1.54, 1.807) is 0 Å². The SMILES string of the molecule is CC(C)CCCCCCNc1ccc(C(F)(F)F)nn1. The molecule has 114 valence electrons. The van der Waals surface area contributed by atoms with Crippen molar-refractivity contribution in [1.29, 1.82) is 0 Å². The lowest BCUT2D eigenvalue weighted by Crippen LogP contribution is -2.11. The fourth-order valence-electron chi connectivity index (χ4n) is 1.83. The van der Waals surface area contributed by atoms with Crippen LogP contribution in [0.1, 0.15) is 51.6 Å². The molecule has 1 heterocycles. The van der Waals surface area contributed by atoms with E-state index >= 15 is 0 Å². The lowest BCUT2D eigenvalue weighted by Gasteiger charge is -2.07. The van der Waals surface area contributed by atoms with Crippen LogP contribution < -0.4 is 5.32 Å². The number of unbranched alkanes of at least 4 members (excludes halogenated alkanes) is 3. The molecule has 0 unspecified atom stereocenters. The molecular formula is C14H22F3N3. The van der Waals surface area contributed by atoms with Crippen LogP contribution in [0.25, 0.3) is 0 Å². The van der Waals surface area contributed by atoms with Crippen LogP contribution in [0.15, 0.2) is 12.1 Å². The van der Waals surface area contributed by atoms with Crippen LogP contribution in [0.3, 0.4) is 0 Å². The van der Waals surface area contributed by atoms with Crippen LogP contribution in [0.5, 0.6) is 0 Å². The Morgan fingerprint density at radius 1 is 1.05 bits per heavy atom. The molecule has 0 bridgehead atoms. The molecule has 0 radical (unpaired) electrons. The third-order valence-corrected chi connectivity index (χ3v) is 2.97. The van der Waals surface area contributed by atoms with Crippen LogP contribution in [0.2, 0.25) is 0 Å². The minimum atomic E-state index is -4.43. The van der Waals surface area contributed by atoms with Crippen LogP contribution in [0, 0.1) is 5.92 Å². The molecule has 20 heavy (non-hydrogen) atoms. The molecule has 1 rings (SSSR count). The molecule has 0 fully saturated rings. The number of hydrogen-bond donors (Lipinski definition) is 1. The van der Waals surface area contributed by atoms with E-state index in [1.165, 1.54) is 25.3 Å². The number of nitrogens with zero attached hydrogens (tertiary/aromatic N) is 2. The highest BCUT2D eigenvalue weighted by Gasteiger charge is 2.32. The Hall–Kier alpha value is -1.33. The Morgan fingerprint density at radius 2 is 1.75 bits per heavy atom. The molecule has 1 aromatic rings. The first-order chi connectivity index (χ1) is 9.39. The number of aromatic nitrogens is 2. The van der Waals surface area contributed by atoms with Gasteiger partial charge in [0, 0.05) is 6.54 Å². The first kappa shape index (κ1) is 16.7. The van der Waals surface area contributed by atoms with Crippen LogP contribution in [0.4, 0.5) is 19.0 Å². The van der Waals surface area contributed by atoms with Gasteiger partial charge in [-0.25, -0.2) is 0 Å². The molecule has 0 saturated heterocycles. The molecule has 0 aliphatic heterocycles. The highest BCUT2D eigenvalue weighted by molar-refractivity contribution is 5.33. The van der Waals surface area contributed by atoms with Crippen molar-refractivity contribution in [3.63, 3.8) is 0 Å². The molecular weight excluding hydrogens is 267 g/mol. The lowest BCUT2D eigenvalue weighted by molar-refractivity contribution is -0.141. The van der Waals surface area contributed by atoms with Gasteiger partial charge in [0.05, 0.1) is 0 Å². The first-order valence-electron chi connectivity index (χ1n) is 7.04. The second-order valence-corrected chi connectivity index (χ2v) is 5.33. The summed E-state index contributed by atoms with van der Waals surface area (Å²) >= 11 is 0. The molecule has 0 aliphatic rings. The van der Waals surface area contributed by atoms with E-state index in [1.807, 2.05) is 0 Å². The summed E-state index contributed by atoms with van der Waals surface area (Å²) in [6.45, 7) is 5.14. The lowest BCUT2D eigenvalue weighted by atomic mass is 10.0. The average Bonchev–Trinajstić information content (AvgIpc) is 2.37. The Morgan fingerprint density at radius 3 is 2.30 bits per heavy atom. The summed E-state index contributed by atoms with van der Waals surface area (Å²) in [5.74, 6) is 1.13. The minimum Gasteiger partial charge on any atom is -0.369 e. The number of halogens is 3. The number of alkyl halides is 3. The Bertz CT molecular complexity index is 374. The van der Waals surface area contributed by atoms with Crippen molar-refractivity contribution in [1.82, 2.24) is 10.2 Å². The van der Waals surface area contributed by atoms with Crippen molar-refractivity contribution < 1.29 is 13.2 Å². The molecule has 1 N–H and O–H groups in total. The van der Waals surface area contributed by atoms with Gasteiger partial charge in [0.2, 0.25) is 0 Å².